The lowest BCUT2D eigenvalue weighted by atomic mass is 9.83. The summed E-state index contributed by atoms with van der Waals surface area (Å²) in [6, 6.07) is 2.56. The van der Waals surface area contributed by atoms with Crippen molar-refractivity contribution >= 4 is 22.4 Å². The average molecular weight is 341 g/mol. The van der Waals surface area contributed by atoms with E-state index >= 15 is 0 Å². The Bertz CT molecular complexity index is 590. The molecule has 0 saturated carbocycles. The second-order valence-corrected chi connectivity index (χ2v) is 7.26. The van der Waals surface area contributed by atoms with Crippen molar-refractivity contribution in [3.63, 3.8) is 0 Å². The van der Waals surface area contributed by atoms with Gasteiger partial charge in [0.1, 0.15) is 0 Å². The maximum atomic E-state index is 13.1. The highest BCUT2D eigenvalue weighted by Crippen LogP contribution is 2.25. The van der Waals surface area contributed by atoms with Gasteiger partial charge >= 0.3 is 0 Å². The SMILES string of the molecule is CC1(CNS(=O)(=O)c2ccc(F)c(F)c2)CCCNC1.Cl. The normalized spacial score (nSPS) is 22.6. The topological polar surface area (TPSA) is 58.2 Å². The second kappa shape index (κ2) is 7.00. The summed E-state index contributed by atoms with van der Waals surface area (Å²) in [6.07, 6.45) is 1.91. The summed E-state index contributed by atoms with van der Waals surface area (Å²) >= 11 is 0. The maximum Gasteiger partial charge on any atom is 0.240 e. The number of rotatable bonds is 4. The third-order valence-corrected chi connectivity index (χ3v) is 4.97. The van der Waals surface area contributed by atoms with Gasteiger partial charge in [0.25, 0.3) is 0 Å². The van der Waals surface area contributed by atoms with Gasteiger partial charge < -0.3 is 5.32 Å². The molecule has 0 aromatic heterocycles. The minimum absolute atomic E-state index is 0. The van der Waals surface area contributed by atoms with Crippen molar-refractivity contribution in [2.75, 3.05) is 19.6 Å². The van der Waals surface area contributed by atoms with Crippen LogP contribution in [0.2, 0.25) is 0 Å². The van der Waals surface area contributed by atoms with Crippen LogP contribution in [0.4, 0.5) is 8.78 Å². The molecule has 1 aliphatic rings. The van der Waals surface area contributed by atoms with Crippen molar-refractivity contribution < 1.29 is 17.2 Å². The Balaban J connectivity index is 0.00000220. The monoisotopic (exact) mass is 340 g/mol. The summed E-state index contributed by atoms with van der Waals surface area (Å²) in [5, 5.41) is 3.22. The average Bonchev–Trinajstić information content (AvgIpc) is 2.41. The van der Waals surface area contributed by atoms with Gasteiger partial charge in [0.2, 0.25) is 10.0 Å². The standard InChI is InChI=1S/C13H18F2N2O2S.ClH/c1-13(5-2-6-16-8-13)9-17-20(18,19)10-3-4-11(14)12(15)7-10;/h3-4,7,16-17H,2,5-6,8-9H2,1H3;1H. The lowest BCUT2D eigenvalue weighted by Gasteiger charge is -2.34. The first-order valence-corrected chi connectivity index (χ1v) is 7.96. The van der Waals surface area contributed by atoms with Crippen LogP contribution < -0.4 is 10.0 Å². The van der Waals surface area contributed by atoms with Crippen LogP contribution in [-0.2, 0) is 10.0 Å². The van der Waals surface area contributed by atoms with E-state index in [-0.39, 0.29) is 29.3 Å². The van der Waals surface area contributed by atoms with Crippen molar-refractivity contribution in [1.29, 1.82) is 0 Å². The van der Waals surface area contributed by atoms with Crippen LogP contribution in [0.3, 0.4) is 0 Å². The van der Waals surface area contributed by atoms with Crippen molar-refractivity contribution in [2.45, 2.75) is 24.7 Å². The van der Waals surface area contributed by atoms with Gasteiger partial charge in [-0.05, 0) is 43.0 Å². The molecule has 4 nitrogen and oxygen atoms in total. The summed E-state index contributed by atoms with van der Waals surface area (Å²) in [7, 11) is -3.82. The second-order valence-electron chi connectivity index (χ2n) is 5.49. The van der Waals surface area contributed by atoms with Crippen LogP contribution in [0.5, 0.6) is 0 Å². The summed E-state index contributed by atoms with van der Waals surface area (Å²) in [6.45, 7) is 3.92. The molecule has 1 aliphatic heterocycles. The molecule has 2 rings (SSSR count). The molecule has 0 aliphatic carbocycles. The number of hydrogen-bond acceptors (Lipinski definition) is 3. The first kappa shape index (κ1) is 18.3. The van der Waals surface area contributed by atoms with Crippen LogP contribution in [0.1, 0.15) is 19.8 Å². The fourth-order valence-electron chi connectivity index (χ4n) is 2.27. The molecule has 0 amide bonds. The summed E-state index contributed by atoms with van der Waals surface area (Å²) in [5.74, 6) is -2.23. The third kappa shape index (κ3) is 4.60. The number of hydrogen-bond donors (Lipinski definition) is 2. The van der Waals surface area contributed by atoms with Crippen molar-refractivity contribution in [3.8, 4) is 0 Å². The first-order chi connectivity index (χ1) is 9.32. The van der Waals surface area contributed by atoms with Gasteiger partial charge in [-0.15, -0.1) is 12.4 Å². The van der Waals surface area contributed by atoms with E-state index in [1.165, 1.54) is 0 Å². The van der Waals surface area contributed by atoms with Crippen molar-refractivity contribution in [1.82, 2.24) is 10.0 Å². The molecule has 120 valence electrons. The summed E-state index contributed by atoms with van der Waals surface area (Å²) in [5.41, 5.74) is -0.163. The number of benzene rings is 1. The molecule has 1 saturated heterocycles. The van der Waals surface area contributed by atoms with E-state index in [1.807, 2.05) is 6.92 Å². The van der Waals surface area contributed by atoms with E-state index in [2.05, 4.69) is 10.0 Å². The number of sulfonamides is 1. The van der Waals surface area contributed by atoms with Gasteiger partial charge in [-0.2, -0.15) is 0 Å². The van der Waals surface area contributed by atoms with Gasteiger partial charge in [-0.25, -0.2) is 21.9 Å². The predicted molar refractivity (Wildman–Crippen MR) is 79.0 cm³/mol. The Morgan fingerprint density at radius 2 is 2.05 bits per heavy atom. The molecule has 1 atom stereocenters. The van der Waals surface area contributed by atoms with E-state index in [0.29, 0.717) is 6.07 Å². The minimum Gasteiger partial charge on any atom is -0.316 e. The number of piperidine rings is 1. The van der Waals surface area contributed by atoms with Crippen LogP contribution in [0, 0.1) is 17.0 Å². The van der Waals surface area contributed by atoms with Gasteiger partial charge in [-0.3, -0.25) is 0 Å². The van der Waals surface area contributed by atoms with E-state index in [9.17, 15) is 17.2 Å². The highest BCUT2D eigenvalue weighted by Gasteiger charge is 2.29. The molecule has 1 unspecified atom stereocenters. The third-order valence-electron chi connectivity index (χ3n) is 3.58. The highest BCUT2D eigenvalue weighted by atomic mass is 35.5. The lowest BCUT2D eigenvalue weighted by molar-refractivity contribution is 0.238. The summed E-state index contributed by atoms with van der Waals surface area (Å²) < 4.78 is 52.5. The maximum absolute atomic E-state index is 13.1. The Hall–Kier alpha value is -0.760. The largest absolute Gasteiger partial charge is 0.316 e. The molecule has 2 N–H and O–H groups in total. The summed E-state index contributed by atoms with van der Waals surface area (Å²) in [4.78, 5) is -0.260. The zero-order chi connectivity index (χ0) is 14.8. The number of halogens is 3. The van der Waals surface area contributed by atoms with Crippen LogP contribution in [0.25, 0.3) is 0 Å². The zero-order valence-corrected chi connectivity index (χ0v) is 13.3. The Morgan fingerprint density at radius 1 is 1.33 bits per heavy atom. The van der Waals surface area contributed by atoms with Crippen LogP contribution >= 0.6 is 12.4 Å². The molecule has 0 bridgehead atoms. The lowest BCUT2D eigenvalue weighted by Crippen LogP contribution is -2.45. The fraction of sp³-hybridized carbons (Fsp3) is 0.538. The molecule has 0 spiro atoms. The molecule has 0 radical (unpaired) electrons. The molecule has 8 heteroatoms. The molecule has 1 aromatic carbocycles. The fourth-order valence-corrected chi connectivity index (χ4v) is 3.48. The van der Waals surface area contributed by atoms with Gasteiger partial charge in [0.15, 0.2) is 11.6 Å². The Labute approximate surface area is 129 Å². The number of nitrogens with one attached hydrogen (secondary N) is 2. The van der Waals surface area contributed by atoms with E-state index in [0.717, 1.165) is 38.1 Å². The Kier molecular flexibility index (Phi) is 6.10. The van der Waals surface area contributed by atoms with E-state index in [1.54, 1.807) is 0 Å². The van der Waals surface area contributed by atoms with Crippen molar-refractivity contribution in [2.24, 2.45) is 5.41 Å². The molecule has 1 heterocycles. The molecule has 21 heavy (non-hydrogen) atoms. The van der Waals surface area contributed by atoms with Crippen molar-refractivity contribution in [3.05, 3.63) is 29.8 Å². The Morgan fingerprint density at radius 3 is 2.62 bits per heavy atom. The first-order valence-electron chi connectivity index (χ1n) is 6.48. The smallest absolute Gasteiger partial charge is 0.240 e. The van der Waals surface area contributed by atoms with Gasteiger partial charge in [0.05, 0.1) is 4.90 Å². The van der Waals surface area contributed by atoms with E-state index in [4.69, 9.17) is 0 Å². The molecule has 1 aromatic rings. The van der Waals surface area contributed by atoms with E-state index < -0.39 is 21.7 Å². The van der Waals surface area contributed by atoms with Gasteiger partial charge in [-0.1, -0.05) is 6.92 Å². The quantitative estimate of drug-likeness (QED) is 0.882. The van der Waals surface area contributed by atoms with Gasteiger partial charge in [0, 0.05) is 13.1 Å². The van der Waals surface area contributed by atoms with Crippen LogP contribution in [-0.4, -0.2) is 28.1 Å². The zero-order valence-electron chi connectivity index (χ0n) is 11.7. The molecular weight excluding hydrogens is 322 g/mol. The minimum atomic E-state index is -3.82. The molecule has 1 fully saturated rings. The highest BCUT2D eigenvalue weighted by molar-refractivity contribution is 7.89. The predicted octanol–water partition coefficient (Wildman–Crippen LogP) is 2.05. The molecular formula is C13H19ClF2N2O2S. The van der Waals surface area contributed by atoms with Crippen LogP contribution in [0.15, 0.2) is 23.1 Å².